The molecule has 1 aromatic carbocycles. The number of benzene rings is 1. The number of carbonyl (C=O) groups is 1. The van der Waals surface area contributed by atoms with Crippen molar-refractivity contribution in [2.24, 2.45) is 0 Å². The van der Waals surface area contributed by atoms with Gasteiger partial charge in [-0.25, -0.2) is 0 Å². The lowest BCUT2D eigenvalue weighted by atomic mass is 10.2. The van der Waals surface area contributed by atoms with E-state index >= 15 is 0 Å². The summed E-state index contributed by atoms with van der Waals surface area (Å²) in [5, 5.41) is 9.94. The average molecular weight is 270 g/mol. The molecule has 2 N–H and O–H groups in total. The van der Waals surface area contributed by atoms with Gasteiger partial charge in [0.1, 0.15) is 0 Å². The van der Waals surface area contributed by atoms with Crippen molar-refractivity contribution < 1.29 is 4.79 Å². The Kier molecular flexibility index (Phi) is 5.08. The number of nitrogens with zero attached hydrogens (tertiary/aromatic N) is 2. The van der Waals surface area contributed by atoms with Crippen molar-refractivity contribution in [3.05, 3.63) is 60.9 Å². The van der Waals surface area contributed by atoms with Gasteiger partial charge in [-0.2, -0.15) is 5.10 Å². The fourth-order valence-electron chi connectivity index (χ4n) is 1.77. The van der Waals surface area contributed by atoms with E-state index in [0.717, 1.165) is 17.8 Å². The highest BCUT2D eigenvalue weighted by Gasteiger charge is 2.01. The molecule has 104 valence electrons. The van der Waals surface area contributed by atoms with Gasteiger partial charge in [-0.05, 0) is 23.8 Å². The number of nitrogens with one attached hydrogen (secondary N) is 2. The van der Waals surface area contributed by atoms with E-state index in [-0.39, 0.29) is 12.5 Å². The Bertz CT molecular complexity index is 546. The molecule has 1 heterocycles. The molecule has 0 atom stereocenters. The van der Waals surface area contributed by atoms with E-state index in [2.05, 4.69) is 22.3 Å². The number of hydrogen-bond donors (Lipinski definition) is 2. The molecule has 0 radical (unpaired) electrons. The molecule has 1 aromatic heterocycles. The lowest BCUT2D eigenvalue weighted by molar-refractivity contribution is -0.115. The number of rotatable bonds is 7. The summed E-state index contributed by atoms with van der Waals surface area (Å²) >= 11 is 0. The van der Waals surface area contributed by atoms with Crippen LogP contribution in [0, 0.1) is 0 Å². The second kappa shape index (κ2) is 7.25. The van der Waals surface area contributed by atoms with E-state index in [1.54, 1.807) is 12.3 Å². The highest BCUT2D eigenvalue weighted by atomic mass is 16.1. The molecule has 5 nitrogen and oxygen atoms in total. The fraction of sp³-hybridized carbons (Fsp3) is 0.200. The van der Waals surface area contributed by atoms with Gasteiger partial charge in [-0.15, -0.1) is 6.58 Å². The summed E-state index contributed by atoms with van der Waals surface area (Å²) in [5.74, 6) is -0.0633. The van der Waals surface area contributed by atoms with Crippen molar-refractivity contribution in [3.63, 3.8) is 0 Å². The van der Waals surface area contributed by atoms with Crippen LogP contribution < -0.4 is 10.6 Å². The molecule has 0 unspecified atom stereocenters. The molecule has 2 rings (SSSR count). The van der Waals surface area contributed by atoms with Crippen molar-refractivity contribution in [1.82, 2.24) is 15.1 Å². The van der Waals surface area contributed by atoms with Gasteiger partial charge < -0.3 is 10.6 Å². The number of amides is 1. The van der Waals surface area contributed by atoms with Crippen LogP contribution in [0.25, 0.3) is 0 Å². The average Bonchev–Trinajstić information content (AvgIpc) is 2.94. The first-order valence-corrected chi connectivity index (χ1v) is 6.46. The molecule has 0 bridgehead atoms. The maximum atomic E-state index is 11.6. The third kappa shape index (κ3) is 4.37. The van der Waals surface area contributed by atoms with Gasteiger partial charge in [0.05, 0.1) is 13.1 Å². The topological polar surface area (TPSA) is 59.0 Å². The van der Waals surface area contributed by atoms with Crippen LogP contribution in [-0.4, -0.2) is 28.8 Å². The largest absolute Gasteiger partial charge is 0.325 e. The van der Waals surface area contributed by atoms with Gasteiger partial charge in [0, 0.05) is 24.6 Å². The van der Waals surface area contributed by atoms with Gasteiger partial charge in [0.15, 0.2) is 0 Å². The molecule has 0 saturated heterocycles. The van der Waals surface area contributed by atoms with Crippen LogP contribution in [0.15, 0.2) is 55.4 Å². The maximum absolute atomic E-state index is 11.6. The number of carbonyl (C=O) groups excluding carboxylic acids is 1. The van der Waals surface area contributed by atoms with Gasteiger partial charge >= 0.3 is 0 Å². The Balaban J connectivity index is 1.85. The zero-order valence-corrected chi connectivity index (χ0v) is 11.2. The second-order valence-electron chi connectivity index (χ2n) is 4.37. The summed E-state index contributed by atoms with van der Waals surface area (Å²) in [5.41, 5.74) is 1.93. The van der Waals surface area contributed by atoms with E-state index in [0.29, 0.717) is 6.54 Å². The first-order chi connectivity index (χ1) is 9.78. The normalized spacial score (nSPS) is 10.2. The number of anilines is 1. The van der Waals surface area contributed by atoms with E-state index in [1.807, 2.05) is 41.2 Å². The first-order valence-electron chi connectivity index (χ1n) is 6.46. The van der Waals surface area contributed by atoms with Gasteiger partial charge in [-0.3, -0.25) is 9.48 Å². The molecule has 20 heavy (non-hydrogen) atoms. The van der Waals surface area contributed by atoms with Crippen LogP contribution in [0.3, 0.4) is 0 Å². The van der Waals surface area contributed by atoms with E-state index in [4.69, 9.17) is 0 Å². The third-order valence-electron chi connectivity index (χ3n) is 2.72. The summed E-state index contributed by atoms with van der Waals surface area (Å²) in [4.78, 5) is 11.6. The van der Waals surface area contributed by atoms with Crippen LogP contribution in [0.2, 0.25) is 0 Å². The zero-order chi connectivity index (χ0) is 14.2. The maximum Gasteiger partial charge on any atom is 0.238 e. The zero-order valence-electron chi connectivity index (χ0n) is 11.2. The monoisotopic (exact) mass is 270 g/mol. The Hall–Kier alpha value is -2.40. The summed E-state index contributed by atoms with van der Waals surface area (Å²) in [6.45, 7) is 5.20. The third-order valence-corrected chi connectivity index (χ3v) is 2.72. The predicted octanol–water partition coefficient (Wildman–Crippen LogP) is 1.65. The molecular weight excluding hydrogens is 252 g/mol. The quantitative estimate of drug-likeness (QED) is 0.594. The predicted molar refractivity (Wildman–Crippen MR) is 79.5 cm³/mol. The summed E-state index contributed by atoms with van der Waals surface area (Å²) < 4.78 is 1.85. The van der Waals surface area contributed by atoms with Crippen LogP contribution in [-0.2, 0) is 11.3 Å². The Morgan fingerprint density at radius 2 is 2.15 bits per heavy atom. The van der Waals surface area contributed by atoms with Crippen LogP contribution in [0.5, 0.6) is 0 Å². The highest BCUT2D eigenvalue weighted by Crippen LogP contribution is 2.10. The minimum Gasteiger partial charge on any atom is -0.325 e. The summed E-state index contributed by atoms with van der Waals surface area (Å²) in [6, 6.07) is 9.64. The van der Waals surface area contributed by atoms with Crippen molar-refractivity contribution >= 4 is 11.6 Å². The van der Waals surface area contributed by atoms with Crippen molar-refractivity contribution in [2.45, 2.75) is 6.54 Å². The minimum absolute atomic E-state index is 0.0633. The van der Waals surface area contributed by atoms with Gasteiger partial charge in [-0.1, -0.05) is 18.2 Å². The van der Waals surface area contributed by atoms with E-state index in [1.165, 1.54) is 0 Å². The second-order valence-corrected chi connectivity index (χ2v) is 4.37. The van der Waals surface area contributed by atoms with Crippen molar-refractivity contribution in [1.29, 1.82) is 0 Å². The Morgan fingerprint density at radius 1 is 1.35 bits per heavy atom. The van der Waals surface area contributed by atoms with E-state index < -0.39 is 0 Å². The van der Waals surface area contributed by atoms with E-state index in [9.17, 15) is 4.79 Å². The molecule has 0 aliphatic heterocycles. The lowest BCUT2D eigenvalue weighted by Crippen LogP contribution is -2.28. The molecule has 0 aliphatic carbocycles. The molecule has 1 amide bonds. The smallest absolute Gasteiger partial charge is 0.238 e. The Labute approximate surface area is 118 Å². The van der Waals surface area contributed by atoms with Crippen LogP contribution in [0.4, 0.5) is 5.69 Å². The molecule has 0 aliphatic rings. The number of aromatic nitrogens is 2. The fourth-order valence-corrected chi connectivity index (χ4v) is 1.77. The summed E-state index contributed by atoms with van der Waals surface area (Å²) in [7, 11) is 0. The molecule has 0 spiro atoms. The molecule has 2 aromatic rings. The van der Waals surface area contributed by atoms with Gasteiger partial charge in [0.25, 0.3) is 0 Å². The first kappa shape index (κ1) is 14.0. The van der Waals surface area contributed by atoms with Crippen LogP contribution >= 0.6 is 0 Å². The molecule has 5 heteroatoms. The SMILES string of the molecule is C=CCNCC(=O)Nc1ccc(Cn2cccn2)cc1. The molecular formula is C15H18N4O. The molecule has 0 fully saturated rings. The highest BCUT2D eigenvalue weighted by molar-refractivity contribution is 5.92. The van der Waals surface area contributed by atoms with Crippen LogP contribution in [0.1, 0.15) is 5.56 Å². The number of hydrogen-bond acceptors (Lipinski definition) is 3. The lowest BCUT2D eigenvalue weighted by Gasteiger charge is -2.07. The summed E-state index contributed by atoms with van der Waals surface area (Å²) in [6.07, 6.45) is 5.39. The Morgan fingerprint density at radius 3 is 2.80 bits per heavy atom. The standard InChI is InChI=1S/C15H18N4O/c1-2-8-16-11-15(20)18-14-6-4-13(5-7-14)12-19-10-3-9-17-19/h2-7,9-10,16H,1,8,11-12H2,(H,18,20). The van der Waals surface area contributed by atoms with Crippen molar-refractivity contribution in [2.75, 3.05) is 18.4 Å². The minimum atomic E-state index is -0.0633. The van der Waals surface area contributed by atoms with Crippen molar-refractivity contribution in [3.8, 4) is 0 Å². The molecule has 0 saturated carbocycles. The van der Waals surface area contributed by atoms with Gasteiger partial charge in [0.2, 0.25) is 5.91 Å².